The highest BCUT2D eigenvalue weighted by molar-refractivity contribution is 5.74. The van der Waals surface area contributed by atoms with Crippen LogP contribution in [0.1, 0.15) is 31.2 Å². The fourth-order valence-corrected chi connectivity index (χ4v) is 3.70. The van der Waals surface area contributed by atoms with Crippen molar-refractivity contribution < 1.29 is 9.53 Å². The van der Waals surface area contributed by atoms with Crippen LogP contribution in [0.5, 0.6) is 0 Å². The standard InChI is InChI=1S/C17H29N5O2/c1-20-12-14(11-18-20)13-21-6-3-7-22(9-8-21)17(23)19-15-4-5-16(10-15)24-2/h11-12,15-16H,3-10,13H2,1-2H3,(H,19,23)/t15-,16+/m1/s1. The van der Waals surface area contributed by atoms with E-state index in [9.17, 15) is 4.79 Å². The zero-order chi connectivity index (χ0) is 16.9. The monoisotopic (exact) mass is 335 g/mol. The summed E-state index contributed by atoms with van der Waals surface area (Å²) in [7, 11) is 3.69. The lowest BCUT2D eigenvalue weighted by Gasteiger charge is -2.24. The number of amides is 2. The third-order valence-corrected chi connectivity index (χ3v) is 5.09. The van der Waals surface area contributed by atoms with E-state index in [1.54, 1.807) is 7.11 Å². The van der Waals surface area contributed by atoms with Crippen LogP contribution in [0.25, 0.3) is 0 Å². The maximum Gasteiger partial charge on any atom is 0.317 e. The summed E-state index contributed by atoms with van der Waals surface area (Å²) in [4.78, 5) is 16.9. The average Bonchev–Trinajstić information content (AvgIpc) is 3.11. The summed E-state index contributed by atoms with van der Waals surface area (Å²) >= 11 is 0. The van der Waals surface area contributed by atoms with Crippen LogP contribution >= 0.6 is 0 Å². The Morgan fingerprint density at radius 3 is 2.92 bits per heavy atom. The molecule has 0 bridgehead atoms. The second kappa shape index (κ2) is 7.98. The van der Waals surface area contributed by atoms with Crippen molar-refractivity contribution in [2.45, 2.75) is 44.4 Å². The van der Waals surface area contributed by atoms with Crippen molar-refractivity contribution in [3.05, 3.63) is 18.0 Å². The summed E-state index contributed by atoms with van der Waals surface area (Å²) < 4.78 is 7.22. The predicted molar refractivity (Wildman–Crippen MR) is 91.6 cm³/mol. The molecule has 1 aliphatic carbocycles. The molecule has 134 valence electrons. The molecule has 24 heavy (non-hydrogen) atoms. The molecule has 2 heterocycles. The highest BCUT2D eigenvalue weighted by Crippen LogP contribution is 2.21. The maximum absolute atomic E-state index is 12.5. The summed E-state index contributed by atoms with van der Waals surface area (Å²) in [6.45, 7) is 4.45. The summed E-state index contributed by atoms with van der Waals surface area (Å²) in [6, 6.07) is 0.345. The van der Waals surface area contributed by atoms with Crippen molar-refractivity contribution in [1.82, 2.24) is 24.9 Å². The maximum atomic E-state index is 12.5. The van der Waals surface area contributed by atoms with Gasteiger partial charge in [-0.05, 0) is 25.7 Å². The van der Waals surface area contributed by atoms with Crippen LogP contribution in [0.3, 0.4) is 0 Å². The predicted octanol–water partition coefficient (Wildman–Crippen LogP) is 1.20. The molecule has 3 rings (SSSR count). The smallest absolute Gasteiger partial charge is 0.317 e. The minimum Gasteiger partial charge on any atom is -0.381 e. The van der Waals surface area contributed by atoms with Crippen molar-refractivity contribution in [1.29, 1.82) is 0 Å². The summed E-state index contributed by atoms with van der Waals surface area (Å²) in [5.74, 6) is 0. The van der Waals surface area contributed by atoms with Crippen LogP contribution in [-0.2, 0) is 18.3 Å². The van der Waals surface area contributed by atoms with Gasteiger partial charge in [-0.1, -0.05) is 0 Å². The second-order valence-electron chi connectivity index (χ2n) is 6.96. The zero-order valence-corrected chi connectivity index (χ0v) is 14.8. The van der Waals surface area contributed by atoms with Gasteiger partial charge in [-0.25, -0.2) is 4.79 Å². The number of carbonyl (C=O) groups is 1. The van der Waals surface area contributed by atoms with Gasteiger partial charge < -0.3 is 15.0 Å². The highest BCUT2D eigenvalue weighted by atomic mass is 16.5. The largest absolute Gasteiger partial charge is 0.381 e. The zero-order valence-electron chi connectivity index (χ0n) is 14.8. The first kappa shape index (κ1) is 17.2. The van der Waals surface area contributed by atoms with Crippen LogP contribution in [-0.4, -0.2) is 71.0 Å². The van der Waals surface area contributed by atoms with Gasteiger partial charge in [0.2, 0.25) is 0 Å². The van der Waals surface area contributed by atoms with E-state index >= 15 is 0 Å². The minimum atomic E-state index is 0.0833. The van der Waals surface area contributed by atoms with Crippen LogP contribution in [0.2, 0.25) is 0 Å². The first-order valence-electron chi connectivity index (χ1n) is 8.92. The normalized spacial score (nSPS) is 25.7. The molecular weight excluding hydrogens is 306 g/mol. The van der Waals surface area contributed by atoms with Crippen molar-refractivity contribution in [3.63, 3.8) is 0 Å². The van der Waals surface area contributed by atoms with Gasteiger partial charge in [0.15, 0.2) is 0 Å². The summed E-state index contributed by atoms with van der Waals surface area (Å²) in [5, 5.41) is 7.41. The lowest BCUT2D eigenvalue weighted by molar-refractivity contribution is 0.107. The number of nitrogens with zero attached hydrogens (tertiary/aromatic N) is 4. The third-order valence-electron chi connectivity index (χ3n) is 5.09. The molecule has 1 N–H and O–H groups in total. The summed E-state index contributed by atoms with van der Waals surface area (Å²) in [5.41, 5.74) is 1.23. The number of rotatable bonds is 4. The molecule has 1 aromatic rings. The lowest BCUT2D eigenvalue weighted by Crippen LogP contribution is -2.45. The van der Waals surface area contributed by atoms with E-state index in [-0.39, 0.29) is 12.1 Å². The number of aromatic nitrogens is 2. The number of nitrogens with one attached hydrogen (secondary N) is 1. The summed E-state index contributed by atoms with van der Waals surface area (Å²) in [6.07, 6.45) is 8.28. The van der Waals surface area contributed by atoms with E-state index in [1.807, 2.05) is 22.8 Å². The van der Waals surface area contributed by atoms with Crippen molar-refractivity contribution >= 4 is 6.03 Å². The first-order chi connectivity index (χ1) is 11.6. The number of hydrogen-bond acceptors (Lipinski definition) is 4. The fraction of sp³-hybridized carbons (Fsp3) is 0.765. The minimum absolute atomic E-state index is 0.0833. The number of carbonyl (C=O) groups excluding carboxylic acids is 1. The highest BCUT2D eigenvalue weighted by Gasteiger charge is 2.27. The van der Waals surface area contributed by atoms with Crippen molar-refractivity contribution in [3.8, 4) is 0 Å². The Morgan fingerprint density at radius 1 is 1.33 bits per heavy atom. The molecule has 2 amide bonds. The lowest BCUT2D eigenvalue weighted by atomic mass is 10.2. The Balaban J connectivity index is 1.45. The van der Waals surface area contributed by atoms with Crippen molar-refractivity contribution in [2.24, 2.45) is 7.05 Å². The van der Waals surface area contributed by atoms with Gasteiger partial charge >= 0.3 is 6.03 Å². The van der Waals surface area contributed by atoms with E-state index in [1.165, 1.54) is 5.56 Å². The number of urea groups is 1. The van der Waals surface area contributed by atoms with Crippen LogP contribution in [0, 0.1) is 0 Å². The SMILES string of the molecule is CO[C@H]1CC[C@@H](NC(=O)N2CCCN(Cc3cnn(C)c3)CC2)C1. The Bertz CT molecular complexity index is 547. The molecule has 0 unspecified atom stereocenters. The first-order valence-corrected chi connectivity index (χ1v) is 8.92. The molecule has 0 radical (unpaired) electrons. The second-order valence-corrected chi connectivity index (χ2v) is 6.96. The molecule has 7 nitrogen and oxygen atoms in total. The van der Waals surface area contributed by atoms with E-state index in [0.717, 1.165) is 58.4 Å². The van der Waals surface area contributed by atoms with E-state index in [0.29, 0.717) is 6.10 Å². The Labute approximate surface area is 143 Å². The van der Waals surface area contributed by atoms with Gasteiger partial charge in [-0.3, -0.25) is 9.58 Å². The molecule has 1 saturated heterocycles. The molecule has 2 atom stereocenters. The van der Waals surface area contributed by atoms with Gasteiger partial charge in [-0.2, -0.15) is 5.10 Å². The number of hydrogen-bond donors (Lipinski definition) is 1. The topological polar surface area (TPSA) is 62.6 Å². The molecule has 1 aromatic heterocycles. The van der Waals surface area contributed by atoms with Gasteiger partial charge in [0.1, 0.15) is 0 Å². The molecule has 1 aliphatic heterocycles. The Kier molecular flexibility index (Phi) is 5.73. The van der Waals surface area contributed by atoms with Gasteiger partial charge in [0, 0.05) is 64.7 Å². The molecule has 0 aromatic carbocycles. The molecule has 2 fully saturated rings. The average molecular weight is 335 g/mol. The fourth-order valence-electron chi connectivity index (χ4n) is 3.70. The van der Waals surface area contributed by atoms with Crippen LogP contribution in [0.4, 0.5) is 4.79 Å². The molecule has 2 aliphatic rings. The van der Waals surface area contributed by atoms with Crippen LogP contribution < -0.4 is 5.32 Å². The number of aryl methyl sites for hydroxylation is 1. The van der Waals surface area contributed by atoms with E-state index < -0.39 is 0 Å². The quantitative estimate of drug-likeness (QED) is 0.898. The molecule has 0 spiro atoms. The number of ether oxygens (including phenoxy) is 1. The van der Waals surface area contributed by atoms with Gasteiger partial charge in [0.25, 0.3) is 0 Å². The van der Waals surface area contributed by atoms with Crippen molar-refractivity contribution in [2.75, 3.05) is 33.3 Å². The Hall–Kier alpha value is -1.60. The van der Waals surface area contributed by atoms with E-state index in [2.05, 4.69) is 21.5 Å². The van der Waals surface area contributed by atoms with Gasteiger partial charge in [0.05, 0.1) is 12.3 Å². The van der Waals surface area contributed by atoms with E-state index in [4.69, 9.17) is 4.74 Å². The molecule has 7 heteroatoms. The molecular formula is C17H29N5O2. The third kappa shape index (κ3) is 4.48. The number of methoxy groups -OCH3 is 1. The van der Waals surface area contributed by atoms with Crippen LogP contribution in [0.15, 0.2) is 12.4 Å². The Morgan fingerprint density at radius 2 is 2.21 bits per heavy atom. The van der Waals surface area contributed by atoms with Gasteiger partial charge in [-0.15, -0.1) is 0 Å². The molecule has 1 saturated carbocycles.